The Morgan fingerprint density at radius 3 is 2.50 bits per heavy atom. The summed E-state index contributed by atoms with van der Waals surface area (Å²) in [7, 11) is 0. The molecule has 4 saturated carbocycles. The number of ether oxygens (including phenoxy) is 1. The SMILES string of the molecule is CC(C)CCCC(C)C1CCC2C3CC=C4CC(OC(=O)CCC5CCCCC5)CCC4(C)C3CCC12C. The van der Waals surface area contributed by atoms with Gasteiger partial charge in [0, 0.05) is 12.8 Å². The van der Waals surface area contributed by atoms with Crippen molar-refractivity contribution < 1.29 is 9.53 Å². The molecule has 8 atom stereocenters. The molecule has 2 nitrogen and oxygen atoms in total. The zero-order chi connectivity index (χ0) is 26.9. The molecule has 38 heavy (non-hydrogen) atoms. The highest BCUT2D eigenvalue weighted by molar-refractivity contribution is 5.69. The van der Waals surface area contributed by atoms with Gasteiger partial charge in [0.05, 0.1) is 0 Å². The summed E-state index contributed by atoms with van der Waals surface area (Å²) in [6.07, 6.45) is 25.8. The van der Waals surface area contributed by atoms with E-state index in [0.29, 0.717) is 17.3 Å². The smallest absolute Gasteiger partial charge is 0.306 e. The van der Waals surface area contributed by atoms with Crippen molar-refractivity contribution in [2.24, 2.45) is 52.3 Å². The zero-order valence-electron chi connectivity index (χ0n) is 25.7. The highest BCUT2D eigenvalue weighted by Gasteiger charge is 2.59. The van der Waals surface area contributed by atoms with Crippen LogP contribution in [0.3, 0.4) is 0 Å². The van der Waals surface area contributed by atoms with Crippen LogP contribution in [0, 0.1) is 52.3 Å². The Morgan fingerprint density at radius 1 is 0.947 bits per heavy atom. The molecule has 4 fully saturated rings. The van der Waals surface area contributed by atoms with Crippen molar-refractivity contribution in [2.75, 3.05) is 0 Å². The summed E-state index contributed by atoms with van der Waals surface area (Å²) < 4.78 is 6.11. The first-order chi connectivity index (χ1) is 18.2. The van der Waals surface area contributed by atoms with Crippen molar-refractivity contribution in [2.45, 2.75) is 156 Å². The topological polar surface area (TPSA) is 26.3 Å². The summed E-state index contributed by atoms with van der Waals surface area (Å²) in [6, 6.07) is 0. The fraction of sp³-hybridized carbons (Fsp3) is 0.917. The number of fused-ring (bicyclic) bond motifs is 5. The van der Waals surface area contributed by atoms with Crippen LogP contribution >= 0.6 is 0 Å². The highest BCUT2D eigenvalue weighted by atomic mass is 16.5. The van der Waals surface area contributed by atoms with Gasteiger partial charge in [0.2, 0.25) is 0 Å². The van der Waals surface area contributed by atoms with Crippen LogP contribution in [0.25, 0.3) is 0 Å². The molecule has 0 aliphatic heterocycles. The minimum absolute atomic E-state index is 0.0754. The van der Waals surface area contributed by atoms with Crippen LogP contribution in [0.4, 0.5) is 0 Å². The third-order valence-electron chi connectivity index (χ3n) is 13.0. The van der Waals surface area contributed by atoms with Gasteiger partial charge in [-0.15, -0.1) is 0 Å². The Kier molecular flexibility index (Phi) is 9.06. The Morgan fingerprint density at radius 2 is 1.74 bits per heavy atom. The lowest BCUT2D eigenvalue weighted by molar-refractivity contribution is -0.152. The van der Waals surface area contributed by atoms with Crippen molar-refractivity contribution in [3.63, 3.8) is 0 Å². The van der Waals surface area contributed by atoms with Crippen molar-refractivity contribution in [3.8, 4) is 0 Å². The quantitative estimate of drug-likeness (QED) is 0.221. The first-order valence-electron chi connectivity index (χ1n) is 17.1. The number of carbonyl (C=O) groups excluding carboxylic acids is 1. The van der Waals surface area contributed by atoms with Crippen molar-refractivity contribution in [1.29, 1.82) is 0 Å². The van der Waals surface area contributed by atoms with Crippen LogP contribution in [0.2, 0.25) is 0 Å². The van der Waals surface area contributed by atoms with E-state index in [-0.39, 0.29) is 12.1 Å². The number of carbonyl (C=O) groups is 1. The predicted molar refractivity (Wildman–Crippen MR) is 159 cm³/mol. The van der Waals surface area contributed by atoms with E-state index in [1.165, 1.54) is 89.9 Å². The van der Waals surface area contributed by atoms with Gasteiger partial charge in [-0.1, -0.05) is 97.6 Å². The van der Waals surface area contributed by atoms with E-state index in [1.807, 2.05) is 0 Å². The number of hydrogen-bond acceptors (Lipinski definition) is 2. The zero-order valence-corrected chi connectivity index (χ0v) is 25.7. The molecule has 5 rings (SSSR count). The van der Waals surface area contributed by atoms with E-state index >= 15 is 0 Å². The average Bonchev–Trinajstić information content (AvgIpc) is 3.25. The molecule has 216 valence electrons. The predicted octanol–water partition coefficient (Wildman–Crippen LogP) is 10.3. The van der Waals surface area contributed by atoms with Gasteiger partial charge in [0.15, 0.2) is 0 Å². The number of rotatable bonds is 9. The second-order valence-corrected chi connectivity index (χ2v) is 15.7. The van der Waals surface area contributed by atoms with E-state index in [1.54, 1.807) is 5.57 Å². The molecule has 8 unspecified atom stereocenters. The average molecular weight is 525 g/mol. The van der Waals surface area contributed by atoms with Gasteiger partial charge in [0.1, 0.15) is 6.10 Å². The monoisotopic (exact) mass is 524 g/mol. The number of hydrogen-bond donors (Lipinski definition) is 0. The van der Waals surface area contributed by atoms with Crippen LogP contribution in [0.15, 0.2) is 11.6 Å². The fourth-order valence-corrected chi connectivity index (χ4v) is 10.8. The summed E-state index contributed by atoms with van der Waals surface area (Å²) >= 11 is 0. The Bertz CT molecular complexity index is 836. The third kappa shape index (κ3) is 5.81. The Labute approximate surface area is 235 Å². The van der Waals surface area contributed by atoms with Crippen molar-refractivity contribution in [3.05, 3.63) is 11.6 Å². The molecule has 0 heterocycles. The maximum Gasteiger partial charge on any atom is 0.306 e. The number of allylic oxidation sites excluding steroid dienone is 1. The van der Waals surface area contributed by atoms with E-state index in [0.717, 1.165) is 60.7 Å². The van der Waals surface area contributed by atoms with Crippen LogP contribution in [0.1, 0.15) is 150 Å². The van der Waals surface area contributed by atoms with Crippen LogP contribution < -0.4 is 0 Å². The Hall–Kier alpha value is -0.790. The highest BCUT2D eigenvalue weighted by Crippen LogP contribution is 2.67. The summed E-state index contributed by atoms with van der Waals surface area (Å²) in [5.41, 5.74) is 2.55. The van der Waals surface area contributed by atoms with Gasteiger partial charge < -0.3 is 4.74 Å². The van der Waals surface area contributed by atoms with Gasteiger partial charge in [-0.05, 0) is 104 Å². The van der Waals surface area contributed by atoms with E-state index < -0.39 is 0 Å². The molecule has 0 bridgehead atoms. The van der Waals surface area contributed by atoms with Crippen LogP contribution in [-0.4, -0.2) is 12.1 Å². The second kappa shape index (κ2) is 12.0. The lowest BCUT2D eigenvalue weighted by Crippen LogP contribution is -2.51. The van der Waals surface area contributed by atoms with Crippen LogP contribution in [0.5, 0.6) is 0 Å². The summed E-state index contributed by atoms with van der Waals surface area (Å²) in [6.45, 7) is 12.6. The maximum atomic E-state index is 12.7. The summed E-state index contributed by atoms with van der Waals surface area (Å²) in [5, 5.41) is 0. The number of esters is 1. The molecular formula is C36H60O2. The molecule has 0 N–H and O–H groups in total. The van der Waals surface area contributed by atoms with Crippen molar-refractivity contribution in [1.82, 2.24) is 0 Å². The molecular weight excluding hydrogens is 464 g/mol. The summed E-state index contributed by atoms with van der Waals surface area (Å²) in [4.78, 5) is 12.7. The second-order valence-electron chi connectivity index (χ2n) is 15.7. The molecule has 0 aromatic carbocycles. The molecule has 0 radical (unpaired) electrons. The molecule has 5 aliphatic carbocycles. The molecule has 0 saturated heterocycles. The van der Waals surface area contributed by atoms with Gasteiger partial charge in [-0.3, -0.25) is 4.79 Å². The lowest BCUT2D eigenvalue weighted by Gasteiger charge is -2.58. The van der Waals surface area contributed by atoms with E-state index in [9.17, 15) is 4.79 Å². The maximum absolute atomic E-state index is 12.7. The minimum Gasteiger partial charge on any atom is -0.462 e. The Balaban J connectivity index is 1.17. The normalized spacial score (nSPS) is 40.2. The summed E-state index contributed by atoms with van der Waals surface area (Å²) in [5.74, 6) is 6.14. The molecule has 5 aliphatic rings. The molecule has 0 spiro atoms. The van der Waals surface area contributed by atoms with Gasteiger partial charge >= 0.3 is 5.97 Å². The van der Waals surface area contributed by atoms with Crippen LogP contribution in [-0.2, 0) is 9.53 Å². The first kappa shape index (κ1) is 28.7. The minimum atomic E-state index is 0.0754. The lowest BCUT2D eigenvalue weighted by atomic mass is 9.47. The molecule has 2 heteroatoms. The first-order valence-corrected chi connectivity index (χ1v) is 17.1. The largest absolute Gasteiger partial charge is 0.462 e. The fourth-order valence-electron chi connectivity index (χ4n) is 10.8. The van der Waals surface area contributed by atoms with Crippen molar-refractivity contribution >= 4 is 5.97 Å². The molecule has 0 amide bonds. The molecule has 0 aromatic rings. The third-order valence-corrected chi connectivity index (χ3v) is 13.0. The van der Waals surface area contributed by atoms with Gasteiger partial charge in [0.25, 0.3) is 0 Å². The van der Waals surface area contributed by atoms with E-state index in [4.69, 9.17) is 4.74 Å². The van der Waals surface area contributed by atoms with Gasteiger partial charge in [-0.25, -0.2) is 0 Å². The standard InChI is InChI=1S/C36H60O2/c1-25(2)10-9-11-26(3)31-17-18-32-30-16-15-28-24-29(38-34(37)19-14-27-12-7-6-8-13-27)20-22-35(28,4)33(30)21-23-36(31,32)5/h15,25-27,29-33H,6-14,16-24H2,1-5H3. The molecule has 0 aromatic heterocycles. The van der Waals surface area contributed by atoms with Gasteiger partial charge in [-0.2, -0.15) is 0 Å². The van der Waals surface area contributed by atoms with E-state index in [2.05, 4.69) is 40.7 Å².